The Morgan fingerprint density at radius 1 is 0.857 bits per heavy atom. The van der Waals surface area contributed by atoms with E-state index >= 15 is 0 Å². The lowest BCUT2D eigenvalue weighted by atomic mass is 10.0. The highest BCUT2D eigenvalue weighted by atomic mass is 35.5. The van der Waals surface area contributed by atoms with E-state index in [0.717, 1.165) is 22.4 Å². The molecule has 3 rings (SSSR count). The van der Waals surface area contributed by atoms with Crippen molar-refractivity contribution in [3.05, 3.63) is 58.6 Å². The fraction of sp³-hybridized carbons (Fsp3) is 0.0625. The quantitative estimate of drug-likeness (QED) is 0.748. The number of hydrogen-bond donors (Lipinski definition) is 1. The Morgan fingerprint density at radius 2 is 1.33 bits per heavy atom. The number of nitrogens with zero attached hydrogens (tertiary/aromatic N) is 2. The summed E-state index contributed by atoms with van der Waals surface area (Å²) in [5.41, 5.74) is 9.86. The van der Waals surface area contributed by atoms with Crippen LogP contribution in [-0.4, -0.2) is 9.78 Å². The predicted octanol–water partition coefficient (Wildman–Crippen LogP) is 4.64. The number of nitrogen functional groups attached to an aromatic ring is 1. The van der Waals surface area contributed by atoms with E-state index in [9.17, 15) is 0 Å². The maximum atomic E-state index is 6.18. The van der Waals surface area contributed by atoms with E-state index in [-0.39, 0.29) is 0 Å². The maximum absolute atomic E-state index is 6.18. The summed E-state index contributed by atoms with van der Waals surface area (Å²) in [6.07, 6.45) is 0. The minimum Gasteiger partial charge on any atom is -0.383 e. The molecule has 0 saturated heterocycles. The molecule has 0 aliphatic rings. The summed E-state index contributed by atoms with van der Waals surface area (Å²) in [4.78, 5) is 0. The smallest absolute Gasteiger partial charge is 0.129 e. The fourth-order valence-corrected chi connectivity index (χ4v) is 2.50. The van der Waals surface area contributed by atoms with Gasteiger partial charge in [-0.1, -0.05) is 47.5 Å². The minimum absolute atomic E-state index is 0.613. The standard InChI is InChI=1S/C16H13Cl2N3/c1-21-16(19)14(10-2-6-12(17)7-3-10)15(20-21)11-4-8-13(18)9-5-11/h2-9H,19H2,1H3. The van der Waals surface area contributed by atoms with Crippen LogP contribution in [-0.2, 0) is 7.05 Å². The molecule has 0 spiro atoms. The number of aryl methyl sites for hydroxylation is 1. The van der Waals surface area contributed by atoms with Crippen LogP contribution >= 0.6 is 23.2 Å². The molecule has 3 aromatic rings. The molecule has 0 radical (unpaired) electrons. The van der Waals surface area contributed by atoms with E-state index in [2.05, 4.69) is 5.10 Å². The first-order valence-electron chi connectivity index (χ1n) is 6.40. The molecule has 0 atom stereocenters. The number of benzene rings is 2. The second-order valence-corrected chi connectivity index (χ2v) is 5.62. The van der Waals surface area contributed by atoms with Gasteiger partial charge in [0.25, 0.3) is 0 Å². The van der Waals surface area contributed by atoms with Gasteiger partial charge in [0.2, 0.25) is 0 Å². The molecule has 1 heterocycles. The van der Waals surface area contributed by atoms with Crippen LogP contribution in [0, 0.1) is 0 Å². The van der Waals surface area contributed by atoms with Crippen LogP contribution in [0.4, 0.5) is 5.82 Å². The molecule has 21 heavy (non-hydrogen) atoms. The molecule has 3 nitrogen and oxygen atoms in total. The average Bonchev–Trinajstić information content (AvgIpc) is 2.77. The van der Waals surface area contributed by atoms with E-state index in [1.807, 2.05) is 55.6 Å². The van der Waals surface area contributed by atoms with Crippen molar-refractivity contribution in [2.75, 3.05) is 5.73 Å². The van der Waals surface area contributed by atoms with Gasteiger partial charge in [-0.15, -0.1) is 0 Å². The van der Waals surface area contributed by atoms with Crippen LogP contribution in [0.5, 0.6) is 0 Å². The summed E-state index contributed by atoms with van der Waals surface area (Å²) in [5.74, 6) is 0.613. The van der Waals surface area contributed by atoms with Crippen molar-refractivity contribution in [1.29, 1.82) is 0 Å². The summed E-state index contributed by atoms with van der Waals surface area (Å²) in [7, 11) is 1.83. The zero-order valence-electron chi connectivity index (χ0n) is 11.3. The van der Waals surface area contributed by atoms with Crippen molar-refractivity contribution < 1.29 is 0 Å². The molecule has 0 amide bonds. The van der Waals surface area contributed by atoms with Crippen LogP contribution < -0.4 is 5.73 Å². The second kappa shape index (κ2) is 5.43. The Kier molecular flexibility index (Phi) is 3.62. The zero-order chi connectivity index (χ0) is 15.0. The Balaban J connectivity index is 2.20. The van der Waals surface area contributed by atoms with Gasteiger partial charge in [0, 0.05) is 22.7 Å². The molecule has 2 N–H and O–H groups in total. The molecule has 0 bridgehead atoms. The number of aromatic nitrogens is 2. The first-order chi connectivity index (χ1) is 10.1. The molecule has 5 heteroatoms. The summed E-state index contributed by atoms with van der Waals surface area (Å²) < 4.78 is 1.67. The average molecular weight is 318 g/mol. The lowest BCUT2D eigenvalue weighted by Gasteiger charge is -2.05. The van der Waals surface area contributed by atoms with Crippen molar-refractivity contribution in [1.82, 2.24) is 9.78 Å². The Hall–Kier alpha value is -1.97. The number of hydrogen-bond acceptors (Lipinski definition) is 2. The molecule has 0 saturated carbocycles. The van der Waals surface area contributed by atoms with Gasteiger partial charge in [0.15, 0.2) is 0 Å². The van der Waals surface area contributed by atoms with Crippen molar-refractivity contribution >= 4 is 29.0 Å². The highest BCUT2D eigenvalue weighted by Crippen LogP contribution is 2.36. The highest BCUT2D eigenvalue weighted by Gasteiger charge is 2.17. The topological polar surface area (TPSA) is 43.8 Å². The van der Waals surface area contributed by atoms with Gasteiger partial charge in [-0.3, -0.25) is 4.68 Å². The predicted molar refractivity (Wildman–Crippen MR) is 88.5 cm³/mol. The molecule has 0 aliphatic heterocycles. The maximum Gasteiger partial charge on any atom is 0.129 e. The number of anilines is 1. The van der Waals surface area contributed by atoms with E-state index in [1.54, 1.807) is 4.68 Å². The van der Waals surface area contributed by atoms with Crippen LogP contribution in [0.25, 0.3) is 22.4 Å². The Morgan fingerprint density at radius 3 is 1.86 bits per heavy atom. The SMILES string of the molecule is Cn1nc(-c2ccc(Cl)cc2)c(-c2ccc(Cl)cc2)c1N. The van der Waals surface area contributed by atoms with Gasteiger partial charge in [-0.2, -0.15) is 5.10 Å². The third-order valence-electron chi connectivity index (χ3n) is 3.34. The van der Waals surface area contributed by atoms with Crippen LogP contribution in [0.3, 0.4) is 0 Å². The van der Waals surface area contributed by atoms with Gasteiger partial charge in [-0.05, 0) is 29.8 Å². The molecule has 0 fully saturated rings. The van der Waals surface area contributed by atoms with Gasteiger partial charge in [0.05, 0.1) is 5.56 Å². The summed E-state index contributed by atoms with van der Waals surface area (Å²) in [6, 6.07) is 15.1. The van der Waals surface area contributed by atoms with E-state index in [4.69, 9.17) is 28.9 Å². The monoisotopic (exact) mass is 317 g/mol. The number of halogens is 2. The molecule has 1 aromatic heterocycles. The van der Waals surface area contributed by atoms with Gasteiger partial charge >= 0.3 is 0 Å². The molecule has 0 unspecified atom stereocenters. The Bertz CT molecular complexity index is 775. The lowest BCUT2D eigenvalue weighted by Crippen LogP contribution is -1.97. The normalized spacial score (nSPS) is 10.8. The summed E-state index contributed by atoms with van der Waals surface area (Å²) in [5, 5.41) is 5.90. The summed E-state index contributed by atoms with van der Waals surface area (Å²) >= 11 is 11.9. The van der Waals surface area contributed by atoms with E-state index < -0.39 is 0 Å². The van der Waals surface area contributed by atoms with E-state index in [0.29, 0.717) is 15.9 Å². The zero-order valence-corrected chi connectivity index (χ0v) is 12.9. The van der Waals surface area contributed by atoms with Gasteiger partial charge in [0.1, 0.15) is 11.5 Å². The molecule has 106 valence electrons. The van der Waals surface area contributed by atoms with Crippen molar-refractivity contribution in [3.8, 4) is 22.4 Å². The fourth-order valence-electron chi connectivity index (χ4n) is 2.25. The third-order valence-corrected chi connectivity index (χ3v) is 3.85. The molecule has 0 aliphatic carbocycles. The molecular weight excluding hydrogens is 305 g/mol. The van der Waals surface area contributed by atoms with Crippen molar-refractivity contribution in [3.63, 3.8) is 0 Å². The van der Waals surface area contributed by atoms with Crippen molar-refractivity contribution in [2.24, 2.45) is 7.05 Å². The van der Waals surface area contributed by atoms with Crippen LogP contribution in [0.15, 0.2) is 48.5 Å². The molecule has 2 aromatic carbocycles. The number of nitrogens with two attached hydrogens (primary N) is 1. The van der Waals surface area contributed by atoms with Crippen LogP contribution in [0.1, 0.15) is 0 Å². The minimum atomic E-state index is 0.613. The summed E-state index contributed by atoms with van der Waals surface area (Å²) in [6.45, 7) is 0. The largest absolute Gasteiger partial charge is 0.383 e. The first kappa shape index (κ1) is 14.0. The van der Waals surface area contributed by atoms with Gasteiger partial charge in [-0.25, -0.2) is 0 Å². The van der Waals surface area contributed by atoms with E-state index in [1.165, 1.54) is 0 Å². The highest BCUT2D eigenvalue weighted by molar-refractivity contribution is 6.31. The van der Waals surface area contributed by atoms with Crippen LogP contribution in [0.2, 0.25) is 10.0 Å². The lowest BCUT2D eigenvalue weighted by molar-refractivity contribution is 0.782. The first-order valence-corrected chi connectivity index (χ1v) is 7.16. The molecular formula is C16H13Cl2N3. The van der Waals surface area contributed by atoms with Gasteiger partial charge < -0.3 is 5.73 Å². The van der Waals surface area contributed by atoms with Crippen molar-refractivity contribution in [2.45, 2.75) is 0 Å². The number of rotatable bonds is 2. The Labute approximate surface area is 132 Å². The third kappa shape index (κ3) is 2.62. The second-order valence-electron chi connectivity index (χ2n) is 4.75.